The van der Waals surface area contributed by atoms with Gasteiger partial charge in [-0.3, -0.25) is 0 Å². The summed E-state index contributed by atoms with van der Waals surface area (Å²) in [5.74, 6) is 2.96. The molecule has 1 aliphatic heterocycles. The fraction of sp³-hybridized carbons (Fsp3) is 0.192. The SMILES string of the molecule is Nc1nc(Nc2cccc(Oc3ccnc(N4CCC[C@@H]4CO)c3)c2)cc(-c2ccccc2)n1. The van der Waals surface area contributed by atoms with Crippen molar-refractivity contribution >= 4 is 23.3 Å². The molecule has 1 aliphatic rings. The van der Waals surface area contributed by atoms with Crippen LogP contribution in [0.4, 0.5) is 23.3 Å². The molecule has 2 aromatic carbocycles. The van der Waals surface area contributed by atoms with Crippen LogP contribution in [0, 0.1) is 0 Å². The number of aromatic nitrogens is 3. The van der Waals surface area contributed by atoms with Crippen molar-refractivity contribution in [2.24, 2.45) is 0 Å². The molecule has 172 valence electrons. The lowest BCUT2D eigenvalue weighted by atomic mass is 10.1. The van der Waals surface area contributed by atoms with Gasteiger partial charge in [-0.15, -0.1) is 0 Å². The first kappa shape index (κ1) is 21.7. The van der Waals surface area contributed by atoms with E-state index in [9.17, 15) is 5.11 Å². The first-order chi connectivity index (χ1) is 16.7. The Labute approximate surface area is 198 Å². The van der Waals surface area contributed by atoms with E-state index in [0.29, 0.717) is 17.3 Å². The molecule has 5 rings (SSSR count). The van der Waals surface area contributed by atoms with E-state index in [1.807, 2.05) is 72.8 Å². The number of nitrogen functional groups attached to an aromatic ring is 1. The highest BCUT2D eigenvalue weighted by Crippen LogP contribution is 2.30. The summed E-state index contributed by atoms with van der Waals surface area (Å²) in [7, 11) is 0. The van der Waals surface area contributed by atoms with Crippen LogP contribution in [-0.2, 0) is 0 Å². The smallest absolute Gasteiger partial charge is 0.222 e. The first-order valence-corrected chi connectivity index (χ1v) is 11.3. The quantitative estimate of drug-likeness (QED) is 0.371. The lowest BCUT2D eigenvalue weighted by Gasteiger charge is -2.24. The second kappa shape index (κ2) is 9.76. The van der Waals surface area contributed by atoms with Gasteiger partial charge in [-0.25, -0.2) is 9.97 Å². The van der Waals surface area contributed by atoms with Gasteiger partial charge < -0.3 is 25.8 Å². The average molecular weight is 455 g/mol. The van der Waals surface area contributed by atoms with Gasteiger partial charge in [0, 0.05) is 42.2 Å². The second-order valence-electron chi connectivity index (χ2n) is 8.14. The van der Waals surface area contributed by atoms with Gasteiger partial charge in [-0.2, -0.15) is 4.98 Å². The van der Waals surface area contributed by atoms with Gasteiger partial charge in [0.2, 0.25) is 5.95 Å². The van der Waals surface area contributed by atoms with Gasteiger partial charge in [-0.05, 0) is 31.0 Å². The molecule has 0 unspecified atom stereocenters. The largest absolute Gasteiger partial charge is 0.457 e. The molecule has 1 saturated heterocycles. The number of nitrogens with two attached hydrogens (primary N) is 1. The monoisotopic (exact) mass is 454 g/mol. The molecule has 0 radical (unpaired) electrons. The highest BCUT2D eigenvalue weighted by molar-refractivity contribution is 5.67. The third-order valence-electron chi connectivity index (χ3n) is 5.75. The summed E-state index contributed by atoms with van der Waals surface area (Å²) in [5.41, 5.74) is 8.48. The van der Waals surface area contributed by atoms with Crippen molar-refractivity contribution in [2.45, 2.75) is 18.9 Å². The van der Waals surface area contributed by atoms with E-state index in [4.69, 9.17) is 10.5 Å². The zero-order valence-electron chi connectivity index (χ0n) is 18.6. The predicted molar refractivity (Wildman–Crippen MR) is 133 cm³/mol. The number of pyridine rings is 1. The van der Waals surface area contributed by atoms with Crippen molar-refractivity contribution in [1.29, 1.82) is 0 Å². The molecule has 1 atom stereocenters. The number of benzene rings is 2. The minimum Gasteiger partial charge on any atom is -0.457 e. The molecule has 3 heterocycles. The van der Waals surface area contributed by atoms with Gasteiger partial charge in [0.05, 0.1) is 18.3 Å². The molecular weight excluding hydrogens is 428 g/mol. The van der Waals surface area contributed by atoms with E-state index in [-0.39, 0.29) is 18.6 Å². The van der Waals surface area contributed by atoms with Crippen LogP contribution in [0.5, 0.6) is 11.5 Å². The Morgan fingerprint density at radius 2 is 1.85 bits per heavy atom. The molecule has 1 fully saturated rings. The predicted octanol–water partition coefficient (Wildman–Crippen LogP) is 4.62. The molecule has 4 aromatic rings. The van der Waals surface area contributed by atoms with Crippen LogP contribution in [0.2, 0.25) is 0 Å². The van der Waals surface area contributed by atoms with Crippen molar-refractivity contribution < 1.29 is 9.84 Å². The standard InChI is InChI=1S/C26H26N6O2/c27-26-30-23(18-6-2-1-3-7-18)16-24(31-26)29-19-8-4-10-21(14-19)34-22-11-12-28-25(15-22)32-13-5-9-20(32)17-33/h1-4,6-8,10-12,14-16,20,33H,5,9,13,17H2,(H3,27,29,30,31)/t20-/m1/s1. The molecule has 0 spiro atoms. The second-order valence-corrected chi connectivity index (χ2v) is 8.14. The van der Waals surface area contributed by atoms with Crippen LogP contribution in [0.15, 0.2) is 79.0 Å². The van der Waals surface area contributed by atoms with E-state index in [1.165, 1.54) is 0 Å². The fourth-order valence-corrected chi connectivity index (χ4v) is 4.16. The summed E-state index contributed by atoms with van der Waals surface area (Å²) >= 11 is 0. The molecule has 8 heteroatoms. The molecule has 8 nitrogen and oxygen atoms in total. The van der Waals surface area contributed by atoms with Crippen LogP contribution >= 0.6 is 0 Å². The maximum absolute atomic E-state index is 9.63. The Hall–Kier alpha value is -4.17. The number of hydrogen-bond donors (Lipinski definition) is 3. The van der Waals surface area contributed by atoms with Crippen molar-refractivity contribution in [3.8, 4) is 22.8 Å². The first-order valence-electron chi connectivity index (χ1n) is 11.3. The van der Waals surface area contributed by atoms with Crippen LogP contribution in [0.3, 0.4) is 0 Å². The molecular formula is C26H26N6O2. The Bertz CT molecular complexity index is 1270. The Morgan fingerprint density at radius 1 is 1.00 bits per heavy atom. The van der Waals surface area contributed by atoms with E-state index < -0.39 is 0 Å². The molecule has 0 aliphatic carbocycles. The molecule has 0 amide bonds. The van der Waals surface area contributed by atoms with Gasteiger partial charge in [-0.1, -0.05) is 36.4 Å². The number of ether oxygens (including phenoxy) is 1. The maximum Gasteiger partial charge on any atom is 0.222 e. The number of aliphatic hydroxyl groups excluding tert-OH is 1. The Morgan fingerprint density at radius 3 is 2.71 bits per heavy atom. The molecule has 0 saturated carbocycles. The van der Waals surface area contributed by atoms with E-state index in [1.54, 1.807) is 6.20 Å². The van der Waals surface area contributed by atoms with Gasteiger partial charge in [0.15, 0.2) is 0 Å². The average Bonchev–Trinajstić information content (AvgIpc) is 3.34. The zero-order valence-corrected chi connectivity index (χ0v) is 18.6. The number of hydrogen-bond acceptors (Lipinski definition) is 8. The number of rotatable bonds is 7. The normalized spacial score (nSPS) is 15.3. The third-order valence-corrected chi connectivity index (χ3v) is 5.75. The van der Waals surface area contributed by atoms with Crippen molar-refractivity contribution in [3.05, 3.63) is 79.0 Å². The van der Waals surface area contributed by atoms with E-state index in [0.717, 1.165) is 42.1 Å². The fourth-order valence-electron chi connectivity index (χ4n) is 4.16. The summed E-state index contributed by atoms with van der Waals surface area (Å²) in [4.78, 5) is 15.3. The third kappa shape index (κ3) is 4.92. The van der Waals surface area contributed by atoms with Crippen molar-refractivity contribution in [1.82, 2.24) is 15.0 Å². The zero-order chi connectivity index (χ0) is 23.3. The number of aliphatic hydroxyl groups is 1. The molecule has 2 aromatic heterocycles. The Kier molecular flexibility index (Phi) is 6.22. The highest BCUT2D eigenvalue weighted by Gasteiger charge is 2.25. The summed E-state index contributed by atoms with van der Waals surface area (Å²) in [5, 5.41) is 12.9. The molecule has 34 heavy (non-hydrogen) atoms. The number of anilines is 4. The minimum absolute atomic E-state index is 0.108. The molecule has 0 bridgehead atoms. The maximum atomic E-state index is 9.63. The van der Waals surface area contributed by atoms with E-state index >= 15 is 0 Å². The van der Waals surface area contributed by atoms with Crippen LogP contribution in [0.25, 0.3) is 11.3 Å². The van der Waals surface area contributed by atoms with Crippen LogP contribution < -0.4 is 20.7 Å². The summed E-state index contributed by atoms with van der Waals surface area (Å²) < 4.78 is 6.12. The minimum atomic E-state index is 0.108. The van der Waals surface area contributed by atoms with Crippen LogP contribution in [0.1, 0.15) is 12.8 Å². The summed E-state index contributed by atoms with van der Waals surface area (Å²) in [6.07, 6.45) is 3.75. The lowest BCUT2D eigenvalue weighted by molar-refractivity contribution is 0.266. The molecule has 4 N–H and O–H groups in total. The highest BCUT2D eigenvalue weighted by atomic mass is 16.5. The summed E-state index contributed by atoms with van der Waals surface area (Å²) in [6, 6.07) is 23.2. The lowest BCUT2D eigenvalue weighted by Crippen LogP contribution is -2.32. The van der Waals surface area contributed by atoms with Gasteiger partial charge in [0.25, 0.3) is 0 Å². The van der Waals surface area contributed by atoms with Crippen molar-refractivity contribution in [3.63, 3.8) is 0 Å². The van der Waals surface area contributed by atoms with E-state index in [2.05, 4.69) is 25.2 Å². The topological polar surface area (TPSA) is 109 Å². The summed E-state index contributed by atoms with van der Waals surface area (Å²) in [6.45, 7) is 1.01. The van der Waals surface area contributed by atoms with Crippen molar-refractivity contribution in [2.75, 3.05) is 29.1 Å². The number of nitrogens with one attached hydrogen (secondary N) is 1. The van der Waals surface area contributed by atoms with Gasteiger partial charge >= 0.3 is 0 Å². The Balaban J connectivity index is 1.33. The van der Waals surface area contributed by atoms with Crippen LogP contribution in [-0.4, -0.2) is 39.3 Å². The van der Waals surface area contributed by atoms with Gasteiger partial charge in [0.1, 0.15) is 23.1 Å². The number of nitrogens with zero attached hydrogens (tertiary/aromatic N) is 4.